The molecule has 3 rings (SSSR count). The highest BCUT2D eigenvalue weighted by Gasteiger charge is 2.27. The Morgan fingerprint density at radius 1 is 1.10 bits per heavy atom. The highest BCUT2D eigenvalue weighted by atomic mass is 35.5. The molecule has 1 amide bonds. The lowest BCUT2D eigenvalue weighted by Crippen LogP contribution is -2.39. The van der Waals surface area contributed by atoms with E-state index in [9.17, 15) is 17.6 Å². The monoisotopic (exact) mass is 459 g/mol. The van der Waals surface area contributed by atoms with Gasteiger partial charge in [-0.1, -0.05) is 54.1 Å². The molecule has 0 heterocycles. The molecule has 0 radical (unpaired) electrons. The fourth-order valence-electron chi connectivity index (χ4n) is 2.69. The van der Waals surface area contributed by atoms with Crippen molar-refractivity contribution in [3.05, 3.63) is 94.8 Å². The molecule has 0 unspecified atom stereocenters. The first kappa shape index (κ1) is 22.5. The van der Waals surface area contributed by atoms with Crippen LogP contribution in [0.5, 0.6) is 0 Å². The normalized spacial score (nSPS) is 11.5. The number of sulfonamides is 1. The van der Waals surface area contributed by atoms with Crippen molar-refractivity contribution in [2.45, 2.75) is 11.8 Å². The molecule has 0 fully saturated rings. The summed E-state index contributed by atoms with van der Waals surface area (Å²) in [4.78, 5) is 12.5. The Balaban J connectivity index is 1.87. The van der Waals surface area contributed by atoms with Crippen LogP contribution in [0, 0.1) is 12.7 Å². The number of amides is 1. The molecule has 0 bridgehead atoms. The van der Waals surface area contributed by atoms with Gasteiger partial charge in [-0.2, -0.15) is 5.10 Å². The molecule has 0 saturated carbocycles. The highest BCUT2D eigenvalue weighted by molar-refractivity contribution is 7.92. The Morgan fingerprint density at radius 3 is 2.45 bits per heavy atom. The first-order valence-electron chi connectivity index (χ1n) is 9.19. The van der Waals surface area contributed by atoms with Crippen LogP contribution in [-0.4, -0.2) is 27.1 Å². The van der Waals surface area contributed by atoms with E-state index in [0.29, 0.717) is 5.02 Å². The Kier molecular flexibility index (Phi) is 7.04. The van der Waals surface area contributed by atoms with Crippen LogP contribution >= 0.6 is 11.6 Å². The van der Waals surface area contributed by atoms with Crippen molar-refractivity contribution in [2.24, 2.45) is 5.10 Å². The maximum atomic E-state index is 13.7. The van der Waals surface area contributed by atoms with Crippen LogP contribution in [0.15, 0.2) is 82.8 Å². The van der Waals surface area contributed by atoms with Crippen molar-refractivity contribution >= 4 is 39.4 Å². The summed E-state index contributed by atoms with van der Waals surface area (Å²) in [5.74, 6) is -1.20. The number of hydrogen-bond acceptors (Lipinski definition) is 4. The molecule has 0 aliphatic rings. The van der Waals surface area contributed by atoms with E-state index >= 15 is 0 Å². The number of benzene rings is 3. The van der Waals surface area contributed by atoms with Crippen molar-refractivity contribution in [1.29, 1.82) is 0 Å². The molecule has 0 aliphatic heterocycles. The maximum Gasteiger partial charge on any atom is 0.264 e. The van der Waals surface area contributed by atoms with Crippen LogP contribution in [-0.2, 0) is 14.8 Å². The van der Waals surface area contributed by atoms with E-state index in [1.807, 2.05) is 0 Å². The topological polar surface area (TPSA) is 78.8 Å². The Hall–Kier alpha value is -3.23. The first-order chi connectivity index (χ1) is 14.8. The molecule has 0 atom stereocenters. The second-order valence-electron chi connectivity index (χ2n) is 6.57. The summed E-state index contributed by atoms with van der Waals surface area (Å²) in [5.41, 5.74) is 3.41. The molecule has 6 nitrogen and oxygen atoms in total. The number of anilines is 1. The SMILES string of the molecule is Cc1ccc(N(CC(=O)NN=Cc2ccccc2F)S(=O)(=O)c2ccccc2)cc1Cl. The standard InChI is InChI=1S/C22H19ClFN3O3S/c1-16-11-12-18(13-20(16)23)27(31(29,30)19-8-3-2-4-9-19)15-22(28)26-25-14-17-7-5-6-10-21(17)24/h2-14H,15H2,1H3,(H,26,28). The zero-order chi connectivity index (χ0) is 22.4. The smallest absolute Gasteiger partial charge is 0.264 e. The van der Waals surface area contributed by atoms with Crippen molar-refractivity contribution in [2.75, 3.05) is 10.8 Å². The number of carbonyl (C=O) groups is 1. The van der Waals surface area contributed by atoms with Crippen LogP contribution in [0.25, 0.3) is 0 Å². The van der Waals surface area contributed by atoms with Crippen molar-refractivity contribution in [1.82, 2.24) is 5.43 Å². The molecule has 3 aromatic carbocycles. The third kappa shape index (κ3) is 5.48. The van der Waals surface area contributed by atoms with E-state index in [1.165, 1.54) is 36.4 Å². The fourth-order valence-corrected chi connectivity index (χ4v) is 4.30. The van der Waals surface area contributed by atoms with Gasteiger partial charge in [0.2, 0.25) is 0 Å². The molecule has 3 aromatic rings. The van der Waals surface area contributed by atoms with E-state index in [-0.39, 0.29) is 16.1 Å². The van der Waals surface area contributed by atoms with E-state index in [4.69, 9.17) is 11.6 Å². The molecule has 0 saturated heterocycles. The van der Waals surface area contributed by atoms with Crippen LogP contribution in [0.3, 0.4) is 0 Å². The maximum absolute atomic E-state index is 13.7. The van der Waals surface area contributed by atoms with E-state index in [1.54, 1.807) is 43.3 Å². The van der Waals surface area contributed by atoms with E-state index in [0.717, 1.165) is 16.1 Å². The lowest BCUT2D eigenvalue weighted by Gasteiger charge is -2.24. The third-order valence-corrected chi connectivity index (χ3v) is 6.56. The molecular weight excluding hydrogens is 441 g/mol. The first-order valence-corrected chi connectivity index (χ1v) is 11.0. The fraction of sp³-hybridized carbons (Fsp3) is 0.0909. The Bertz CT molecular complexity index is 1220. The third-order valence-electron chi connectivity index (χ3n) is 4.36. The summed E-state index contributed by atoms with van der Waals surface area (Å²) in [6, 6.07) is 18.4. The summed E-state index contributed by atoms with van der Waals surface area (Å²) >= 11 is 6.18. The summed E-state index contributed by atoms with van der Waals surface area (Å²) in [6.07, 6.45) is 1.14. The second-order valence-corrected chi connectivity index (χ2v) is 8.84. The second kappa shape index (κ2) is 9.72. The van der Waals surface area contributed by atoms with Gasteiger partial charge in [-0.15, -0.1) is 0 Å². The van der Waals surface area contributed by atoms with Crippen molar-refractivity contribution in [3.63, 3.8) is 0 Å². The van der Waals surface area contributed by atoms with Crippen LogP contribution in [0.2, 0.25) is 5.02 Å². The lowest BCUT2D eigenvalue weighted by molar-refractivity contribution is -0.119. The van der Waals surface area contributed by atoms with Gasteiger partial charge < -0.3 is 0 Å². The largest absolute Gasteiger partial charge is 0.271 e. The molecule has 0 spiro atoms. The Labute approximate surface area is 185 Å². The van der Waals surface area contributed by atoms with Gasteiger partial charge in [0.1, 0.15) is 12.4 Å². The molecule has 0 aliphatic carbocycles. The Morgan fingerprint density at radius 2 is 1.77 bits per heavy atom. The predicted octanol–water partition coefficient (Wildman–Crippen LogP) is 4.13. The zero-order valence-corrected chi connectivity index (χ0v) is 18.1. The van der Waals surface area contributed by atoms with Gasteiger partial charge in [0.05, 0.1) is 16.8 Å². The summed E-state index contributed by atoms with van der Waals surface area (Å²) < 4.78 is 41.0. The highest BCUT2D eigenvalue weighted by Crippen LogP contribution is 2.27. The number of rotatable bonds is 7. The number of nitrogens with zero attached hydrogens (tertiary/aromatic N) is 2. The van der Waals surface area contributed by atoms with Crippen LogP contribution in [0.4, 0.5) is 10.1 Å². The summed E-state index contributed by atoms with van der Waals surface area (Å²) in [6.45, 7) is 1.23. The van der Waals surface area contributed by atoms with Crippen LogP contribution < -0.4 is 9.73 Å². The number of hydrazone groups is 1. The van der Waals surface area contributed by atoms with Crippen LogP contribution in [0.1, 0.15) is 11.1 Å². The molecule has 9 heteroatoms. The average Bonchev–Trinajstić information content (AvgIpc) is 2.76. The molecule has 31 heavy (non-hydrogen) atoms. The van der Waals surface area contributed by atoms with Gasteiger partial charge in [0, 0.05) is 10.6 Å². The predicted molar refractivity (Wildman–Crippen MR) is 119 cm³/mol. The summed E-state index contributed by atoms with van der Waals surface area (Å²) in [7, 11) is -4.06. The lowest BCUT2D eigenvalue weighted by atomic mass is 10.2. The molecular formula is C22H19ClFN3O3S. The average molecular weight is 460 g/mol. The quantitative estimate of drug-likeness (QED) is 0.426. The number of carbonyl (C=O) groups excluding carboxylic acids is 1. The van der Waals surface area contributed by atoms with Gasteiger partial charge >= 0.3 is 0 Å². The van der Waals surface area contributed by atoms with Crippen molar-refractivity contribution < 1.29 is 17.6 Å². The number of halogens is 2. The number of hydrogen-bond donors (Lipinski definition) is 1. The van der Waals surface area contributed by atoms with E-state index < -0.39 is 28.3 Å². The van der Waals surface area contributed by atoms with E-state index in [2.05, 4.69) is 10.5 Å². The minimum atomic E-state index is -4.06. The molecule has 160 valence electrons. The minimum Gasteiger partial charge on any atom is -0.271 e. The van der Waals surface area contributed by atoms with Gasteiger partial charge in [-0.25, -0.2) is 18.2 Å². The van der Waals surface area contributed by atoms with Gasteiger partial charge in [0.15, 0.2) is 0 Å². The zero-order valence-electron chi connectivity index (χ0n) is 16.5. The summed E-state index contributed by atoms with van der Waals surface area (Å²) in [5, 5.41) is 4.09. The van der Waals surface area contributed by atoms with Gasteiger partial charge in [-0.05, 0) is 42.8 Å². The van der Waals surface area contributed by atoms with Crippen molar-refractivity contribution in [3.8, 4) is 0 Å². The molecule has 1 N–H and O–H groups in total. The molecule has 0 aromatic heterocycles. The number of aryl methyl sites for hydroxylation is 1. The van der Waals surface area contributed by atoms with Gasteiger partial charge in [-0.3, -0.25) is 9.10 Å². The minimum absolute atomic E-state index is 0.0226. The number of nitrogens with one attached hydrogen (secondary N) is 1. The van der Waals surface area contributed by atoms with Gasteiger partial charge in [0.25, 0.3) is 15.9 Å².